The standard InChI is InChI=1S/C62H42N2/c1-3-17-43(18-4-1)52-24-9-10-25-53(52)44-33-37-49(38-34-44)63(50-39-35-45(36-40-50)59-42-47-19-7-8-26-54(47)56-27-11-12-28-57(56)59)51-23-15-20-46(41-51)55-30-16-32-61-62(55)58-29-13-14-31-60(58)64(61)48-21-5-2-6-22-48/h1-42H. The van der Waals surface area contributed by atoms with Crippen LogP contribution in [0.2, 0.25) is 0 Å². The fourth-order valence-corrected chi connectivity index (χ4v) is 9.85. The molecule has 12 aromatic rings. The summed E-state index contributed by atoms with van der Waals surface area (Å²) < 4.78 is 2.39. The van der Waals surface area contributed by atoms with E-state index in [0.717, 1.165) is 28.3 Å². The molecular weight excluding hydrogens is 773 g/mol. The molecule has 0 aliphatic carbocycles. The van der Waals surface area contributed by atoms with Gasteiger partial charge in [0.2, 0.25) is 0 Å². The van der Waals surface area contributed by atoms with Crippen LogP contribution in [-0.4, -0.2) is 4.57 Å². The Balaban J connectivity index is 1.01. The van der Waals surface area contributed by atoms with Crippen LogP contribution in [0.15, 0.2) is 255 Å². The third-order valence-electron chi connectivity index (χ3n) is 12.8. The molecule has 2 nitrogen and oxygen atoms in total. The molecule has 0 spiro atoms. The monoisotopic (exact) mass is 814 g/mol. The second kappa shape index (κ2) is 15.8. The van der Waals surface area contributed by atoms with Crippen LogP contribution >= 0.6 is 0 Å². The van der Waals surface area contributed by atoms with Gasteiger partial charge in [0.25, 0.3) is 0 Å². The first-order chi connectivity index (χ1) is 31.8. The van der Waals surface area contributed by atoms with Crippen LogP contribution in [0.5, 0.6) is 0 Å². The summed E-state index contributed by atoms with van der Waals surface area (Å²) in [6, 6.07) is 92.6. The number of para-hydroxylation sites is 2. The maximum absolute atomic E-state index is 2.39. The van der Waals surface area contributed by atoms with E-state index >= 15 is 0 Å². The van der Waals surface area contributed by atoms with Crippen LogP contribution in [0.25, 0.3) is 93.5 Å². The first kappa shape index (κ1) is 37.3. The predicted octanol–water partition coefficient (Wildman–Crippen LogP) is 17.2. The molecule has 0 radical (unpaired) electrons. The van der Waals surface area contributed by atoms with Crippen molar-refractivity contribution < 1.29 is 0 Å². The molecule has 0 saturated carbocycles. The maximum Gasteiger partial charge on any atom is 0.0547 e. The van der Waals surface area contributed by atoms with Gasteiger partial charge in [-0.05, 0) is 133 Å². The maximum atomic E-state index is 2.39. The van der Waals surface area contributed by atoms with Crippen molar-refractivity contribution in [3.63, 3.8) is 0 Å². The van der Waals surface area contributed by atoms with E-state index in [0.29, 0.717) is 0 Å². The number of nitrogens with zero attached hydrogens (tertiary/aromatic N) is 2. The average molecular weight is 815 g/mol. The highest BCUT2D eigenvalue weighted by atomic mass is 15.1. The number of hydrogen-bond donors (Lipinski definition) is 0. The number of fused-ring (bicyclic) bond motifs is 6. The summed E-state index contributed by atoms with van der Waals surface area (Å²) >= 11 is 0. The lowest BCUT2D eigenvalue weighted by Crippen LogP contribution is -2.10. The van der Waals surface area contributed by atoms with Gasteiger partial charge in [0.15, 0.2) is 0 Å². The predicted molar refractivity (Wildman–Crippen MR) is 272 cm³/mol. The highest BCUT2D eigenvalue weighted by Gasteiger charge is 2.19. The zero-order valence-electron chi connectivity index (χ0n) is 35.1. The number of rotatable bonds is 8. The first-order valence-corrected chi connectivity index (χ1v) is 22.0. The van der Waals surface area contributed by atoms with Crippen molar-refractivity contribution in [3.8, 4) is 50.2 Å². The summed E-state index contributed by atoms with van der Waals surface area (Å²) in [6.45, 7) is 0. The van der Waals surface area contributed by atoms with E-state index in [2.05, 4.69) is 264 Å². The van der Waals surface area contributed by atoms with E-state index in [9.17, 15) is 0 Å². The zero-order chi connectivity index (χ0) is 42.4. The topological polar surface area (TPSA) is 8.17 Å². The Morgan fingerprint density at radius 2 is 0.766 bits per heavy atom. The second-order valence-corrected chi connectivity index (χ2v) is 16.5. The van der Waals surface area contributed by atoms with E-state index in [1.54, 1.807) is 0 Å². The van der Waals surface area contributed by atoms with Crippen LogP contribution in [0.4, 0.5) is 17.1 Å². The average Bonchev–Trinajstić information content (AvgIpc) is 3.72. The van der Waals surface area contributed by atoms with Gasteiger partial charge in [-0.1, -0.05) is 188 Å². The quantitative estimate of drug-likeness (QED) is 0.139. The third kappa shape index (κ3) is 6.44. The molecule has 0 N–H and O–H groups in total. The van der Waals surface area contributed by atoms with Crippen molar-refractivity contribution in [3.05, 3.63) is 255 Å². The number of hydrogen-bond acceptors (Lipinski definition) is 1. The number of aromatic nitrogens is 1. The Morgan fingerprint density at radius 1 is 0.266 bits per heavy atom. The van der Waals surface area contributed by atoms with Crippen molar-refractivity contribution in [2.45, 2.75) is 0 Å². The molecule has 0 unspecified atom stereocenters. The van der Waals surface area contributed by atoms with E-state index in [-0.39, 0.29) is 0 Å². The summed E-state index contributed by atoms with van der Waals surface area (Å²) in [5.41, 5.74) is 16.4. The van der Waals surface area contributed by atoms with Crippen molar-refractivity contribution in [1.82, 2.24) is 4.57 Å². The van der Waals surface area contributed by atoms with Crippen LogP contribution in [0.3, 0.4) is 0 Å². The van der Waals surface area contributed by atoms with Gasteiger partial charge >= 0.3 is 0 Å². The van der Waals surface area contributed by atoms with Crippen molar-refractivity contribution in [2.24, 2.45) is 0 Å². The minimum Gasteiger partial charge on any atom is -0.310 e. The smallest absolute Gasteiger partial charge is 0.0547 e. The van der Waals surface area contributed by atoms with Crippen molar-refractivity contribution in [1.29, 1.82) is 0 Å². The van der Waals surface area contributed by atoms with Gasteiger partial charge in [0.05, 0.1) is 11.0 Å². The molecule has 1 heterocycles. The Morgan fingerprint density at radius 3 is 1.48 bits per heavy atom. The molecule has 11 aromatic carbocycles. The lowest BCUT2D eigenvalue weighted by Gasteiger charge is -2.27. The molecule has 1 aromatic heterocycles. The van der Waals surface area contributed by atoms with Crippen LogP contribution in [0, 0.1) is 0 Å². The Kier molecular flexibility index (Phi) is 9.20. The summed E-state index contributed by atoms with van der Waals surface area (Å²) in [7, 11) is 0. The molecule has 0 fully saturated rings. The molecule has 300 valence electrons. The van der Waals surface area contributed by atoms with Gasteiger partial charge in [-0.3, -0.25) is 0 Å². The molecule has 0 bridgehead atoms. The van der Waals surface area contributed by atoms with Crippen molar-refractivity contribution >= 4 is 60.4 Å². The molecule has 0 saturated heterocycles. The summed E-state index contributed by atoms with van der Waals surface area (Å²) in [6.07, 6.45) is 0. The lowest BCUT2D eigenvalue weighted by atomic mass is 9.93. The van der Waals surface area contributed by atoms with Gasteiger partial charge in [-0.2, -0.15) is 0 Å². The van der Waals surface area contributed by atoms with E-state index in [1.807, 2.05) is 0 Å². The molecule has 0 amide bonds. The van der Waals surface area contributed by atoms with Gasteiger partial charge in [-0.25, -0.2) is 0 Å². The fourth-order valence-electron chi connectivity index (χ4n) is 9.85. The highest BCUT2D eigenvalue weighted by Crippen LogP contribution is 2.43. The summed E-state index contributed by atoms with van der Waals surface area (Å²) in [5.74, 6) is 0. The minimum atomic E-state index is 1.08. The Bertz CT molecular complexity index is 3640. The Hall–Kier alpha value is -8.46. The summed E-state index contributed by atoms with van der Waals surface area (Å²) in [4.78, 5) is 2.39. The Labute approximate surface area is 373 Å². The van der Waals surface area contributed by atoms with E-state index in [4.69, 9.17) is 0 Å². The SMILES string of the molecule is c1ccc(-c2ccccc2-c2ccc(N(c3ccc(-c4cc5ccccc5c5ccccc45)cc3)c3cccc(-c4cccc5c4c4ccccc4n5-c4ccccc4)c3)cc2)cc1. The fraction of sp³-hybridized carbons (Fsp3) is 0. The van der Waals surface area contributed by atoms with Gasteiger partial charge < -0.3 is 9.47 Å². The lowest BCUT2D eigenvalue weighted by molar-refractivity contribution is 1.18. The summed E-state index contributed by atoms with van der Waals surface area (Å²) in [5, 5.41) is 7.54. The molecule has 2 heteroatoms. The van der Waals surface area contributed by atoms with E-state index in [1.165, 1.54) is 82.3 Å². The normalized spacial score (nSPS) is 11.4. The minimum absolute atomic E-state index is 1.08. The van der Waals surface area contributed by atoms with Crippen LogP contribution < -0.4 is 4.90 Å². The molecule has 0 aliphatic heterocycles. The van der Waals surface area contributed by atoms with Crippen LogP contribution in [-0.2, 0) is 0 Å². The second-order valence-electron chi connectivity index (χ2n) is 16.5. The molecule has 12 rings (SSSR count). The highest BCUT2D eigenvalue weighted by molar-refractivity contribution is 6.16. The number of anilines is 3. The van der Waals surface area contributed by atoms with Gasteiger partial charge in [0, 0.05) is 33.5 Å². The molecule has 0 aliphatic rings. The molecule has 0 atom stereocenters. The number of benzene rings is 11. The van der Waals surface area contributed by atoms with Crippen LogP contribution in [0.1, 0.15) is 0 Å². The molecular formula is C62H42N2. The zero-order valence-corrected chi connectivity index (χ0v) is 35.1. The third-order valence-corrected chi connectivity index (χ3v) is 12.8. The van der Waals surface area contributed by atoms with Gasteiger partial charge in [-0.15, -0.1) is 0 Å². The van der Waals surface area contributed by atoms with Crippen molar-refractivity contribution in [2.75, 3.05) is 4.90 Å². The molecule has 64 heavy (non-hydrogen) atoms. The van der Waals surface area contributed by atoms with Gasteiger partial charge in [0.1, 0.15) is 0 Å². The first-order valence-electron chi connectivity index (χ1n) is 22.0. The van der Waals surface area contributed by atoms with E-state index < -0.39 is 0 Å². The largest absolute Gasteiger partial charge is 0.310 e.